The summed E-state index contributed by atoms with van der Waals surface area (Å²) in [4.78, 5) is 39.2. The third-order valence-electron chi connectivity index (χ3n) is 5.53. The lowest BCUT2D eigenvalue weighted by molar-refractivity contribution is 0.0849. The van der Waals surface area contributed by atoms with Crippen LogP contribution in [0.5, 0.6) is 0 Å². The number of hydrogen-bond acceptors (Lipinski definition) is 5. The second kappa shape index (κ2) is 9.32. The van der Waals surface area contributed by atoms with Gasteiger partial charge in [-0.05, 0) is 44.4 Å². The Morgan fingerprint density at radius 2 is 1.72 bits per heavy atom. The molecule has 8 nitrogen and oxygen atoms in total. The third kappa shape index (κ3) is 4.70. The van der Waals surface area contributed by atoms with Gasteiger partial charge >= 0.3 is 5.69 Å². The number of rotatable bonds is 6. The number of benzene rings is 2. The highest BCUT2D eigenvalue weighted by Gasteiger charge is 2.22. The first-order valence-corrected chi connectivity index (χ1v) is 10.7. The van der Waals surface area contributed by atoms with E-state index in [2.05, 4.69) is 10.4 Å². The van der Waals surface area contributed by atoms with E-state index in [4.69, 9.17) is 4.74 Å². The smallest absolute Gasteiger partial charge is 0.352 e. The molecule has 0 saturated carbocycles. The predicted octanol–water partition coefficient (Wildman–Crippen LogP) is 1.97. The molecule has 2 heterocycles. The number of aryl methyl sites for hydroxylation is 2. The van der Waals surface area contributed by atoms with E-state index in [0.717, 1.165) is 38.8 Å². The molecule has 8 heteroatoms. The molecule has 1 aliphatic heterocycles. The summed E-state index contributed by atoms with van der Waals surface area (Å²) in [6, 6.07) is 14.7. The monoisotopic (exact) mass is 434 g/mol. The van der Waals surface area contributed by atoms with Gasteiger partial charge < -0.3 is 10.1 Å². The Balaban J connectivity index is 1.75. The molecule has 4 rings (SSSR count). The van der Waals surface area contributed by atoms with Gasteiger partial charge in [-0.3, -0.25) is 14.2 Å². The van der Waals surface area contributed by atoms with E-state index in [9.17, 15) is 14.4 Å². The summed E-state index contributed by atoms with van der Waals surface area (Å²) in [5.41, 5.74) is 1.70. The molecule has 1 aliphatic rings. The summed E-state index contributed by atoms with van der Waals surface area (Å²) in [5.74, 6) is -0.621. The molecular weight excluding hydrogens is 408 g/mol. The molecule has 0 spiro atoms. The highest BCUT2D eigenvalue weighted by Crippen LogP contribution is 2.11. The molecule has 3 aromatic rings. The summed E-state index contributed by atoms with van der Waals surface area (Å²) in [7, 11) is 0. The van der Waals surface area contributed by atoms with Crippen molar-refractivity contribution in [2.75, 3.05) is 13.2 Å². The number of carbonyl (C=O) groups is 1. The van der Waals surface area contributed by atoms with Crippen molar-refractivity contribution in [2.45, 2.75) is 39.3 Å². The van der Waals surface area contributed by atoms with Crippen LogP contribution in [0.4, 0.5) is 0 Å². The van der Waals surface area contributed by atoms with Crippen LogP contribution in [0, 0.1) is 13.8 Å². The standard InChI is InChI=1S/C24H26N4O4/c1-16-5-9-18(10-6-16)15-27-23(30)21(22(29)25-14-20-4-3-13-32-20)26-28(24(27)31)19-11-7-17(2)8-12-19/h5-12,20H,3-4,13-15H2,1-2H3,(H,25,29)/t20-/m0/s1. The van der Waals surface area contributed by atoms with Crippen LogP contribution in [0.2, 0.25) is 0 Å². The average Bonchev–Trinajstić information content (AvgIpc) is 3.31. The SMILES string of the molecule is Cc1ccc(Cn2c(=O)c(C(=O)NC[C@@H]3CCCO3)nn(-c3ccc(C)cc3)c2=O)cc1. The van der Waals surface area contributed by atoms with Gasteiger partial charge in [0.05, 0.1) is 18.3 Å². The van der Waals surface area contributed by atoms with Crippen LogP contribution < -0.4 is 16.6 Å². The summed E-state index contributed by atoms with van der Waals surface area (Å²) >= 11 is 0. The van der Waals surface area contributed by atoms with Crippen molar-refractivity contribution in [3.8, 4) is 5.69 Å². The van der Waals surface area contributed by atoms with Gasteiger partial charge in [-0.2, -0.15) is 9.78 Å². The Labute approximate surface area is 185 Å². The maximum atomic E-state index is 13.2. The van der Waals surface area contributed by atoms with E-state index in [1.54, 1.807) is 12.1 Å². The lowest BCUT2D eigenvalue weighted by Gasteiger charge is -2.14. The third-order valence-corrected chi connectivity index (χ3v) is 5.53. The second-order valence-electron chi connectivity index (χ2n) is 8.10. The van der Waals surface area contributed by atoms with Crippen LogP contribution in [0.3, 0.4) is 0 Å². The topological polar surface area (TPSA) is 95.2 Å². The maximum Gasteiger partial charge on any atom is 0.352 e. The van der Waals surface area contributed by atoms with Crippen molar-refractivity contribution in [3.05, 3.63) is 91.8 Å². The number of nitrogens with zero attached hydrogens (tertiary/aromatic N) is 3. The van der Waals surface area contributed by atoms with Crippen LogP contribution in [0.1, 0.15) is 40.0 Å². The first-order valence-electron chi connectivity index (χ1n) is 10.7. The van der Waals surface area contributed by atoms with Crippen LogP contribution in [0.25, 0.3) is 5.69 Å². The highest BCUT2D eigenvalue weighted by atomic mass is 16.5. The minimum absolute atomic E-state index is 0.0400. The zero-order chi connectivity index (χ0) is 22.7. The van der Waals surface area contributed by atoms with Crippen molar-refractivity contribution in [1.82, 2.24) is 19.7 Å². The summed E-state index contributed by atoms with van der Waals surface area (Å²) in [5, 5.41) is 6.88. The minimum atomic E-state index is -0.719. The normalized spacial score (nSPS) is 15.6. The Morgan fingerprint density at radius 3 is 2.34 bits per heavy atom. The second-order valence-corrected chi connectivity index (χ2v) is 8.10. The minimum Gasteiger partial charge on any atom is -0.376 e. The quantitative estimate of drug-likeness (QED) is 0.640. The molecule has 166 valence electrons. The number of aromatic nitrogens is 3. The molecule has 0 unspecified atom stereocenters. The summed E-state index contributed by atoms with van der Waals surface area (Å²) in [6.45, 7) is 4.89. The predicted molar refractivity (Wildman–Crippen MR) is 120 cm³/mol. The first-order chi connectivity index (χ1) is 15.4. The van der Waals surface area contributed by atoms with E-state index in [0.29, 0.717) is 18.8 Å². The number of carbonyl (C=O) groups excluding carboxylic acids is 1. The maximum absolute atomic E-state index is 13.2. The van der Waals surface area contributed by atoms with E-state index in [1.165, 1.54) is 0 Å². The fourth-order valence-corrected chi connectivity index (χ4v) is 3.62. The molecule has 1 amide bonds. The van der Waals surface area contributed by atoms with Crippen molar-refractivity contribution in [2.24, 2.45) is 0 Å². The molecule has 32 heavy (non-hydrogen) atoms. The lowest BCUT2D eigenvalue weighted by Crippen LogP contribution is -2.46. The van der Waals surface area contributed by atoms with Gasteiger partial charge in [0.2, 0.25) is 5.69 Å². The number of amides is 1. The zero-order valence-corrected chi connectivity index (χ0v) is 18.2. The molecule has 1 N–H and O–H groups in total. The van der Waals surface area contributed by atoms with Crippen molar-refractivity contribution < 1.29 is 9.53 Å². The zero-order valence-electron chi connectivity index (χ0n) is 18.2. The van der Waals surface area contributed by atoms with Gasteiger partial charge in [0.1, 0.15) is 0 Å². The highest BCUT2D eigenvalue weighted by molar-refractivity contribution is 5.91. The summed E-state index contributed by atoms with van der Waals surface area (Å²) in [6.07, 6.45) is 1.73. The van der Waals surface area contributed by atoms with E-state index in [-0.39, 0.29) is 18.3 Å². The van der Waals surface area contributed by atoms with Crippen LogP contribution in [-0.4, -0.2) is 39.5 Å². The largest absolute Gasteiger partial charge is 0.376 e. The van der Waals surface area contributed by atoms with Crippen molar-refractivity contribution in [1.29, 1.82) is 0 Å². The molecule has 1 aromatic heterocycles. The van der Waals surface area contributed by atoms with Gasteiger partial charge in [0, 0.05) is 13.2 Å². The number of ether oxygens (including phenoxy) is 1. The fourth-order valence-electron chi connectivity index (χ4n) is 3.62. The Bertz CT molecular complexity index is 1220. The molecule has 0 bridgehead atoms. The first kappa shape index (κ1) is 21.7. The molecule has 1 atom stereocenters. The van der Waals surface area contributed by atoms with Gasteiger partial charge in [-0.25, -0.2) is 4.79 Å². The van der Waals surface area contributed by atoms with Crippen molar-refractivity contribution in [3.63, 3.8) is 0 Å². The van der Waals surface area contributed by atoms with Gasteiger partial charge in [0.25, 0.3) is 11.5 Å². The lowest BCUT2D eigenvalue weighted by atomic mass is 10.1. The molecule has 1 fully saturated rings. The van der Waals surface area contributed by atoms with Crippen LogP contribution in [-0.2, 0) is 11.3 Å². The number of nitrogens with one attached hydrogen (secondary N) is 1. The molecule has 0 aliphatic carbocycles. The molecular formula is C24H26N4O4. The molecule has 0 radical (unpaired) electrons. The number of hydrogen-bond donors (Lipinski definition) is 1. The van der Waals surface area contributed by atoms with E-state index in [1.807, 2.05) is 50.2 Å². The van der Waals surface area contributed by atoms with Crippen LogP contribution >= 0.6 is 0 Å². The Morgan fingerprint density at radius 1 is 1.06 bits per heavy atom. The molecule has 1 saturated heterocycles. The average molecular weight is 434 g/mol. The van der Waals surface area contributed by atoms with Gasteiger partial charge in [-0.15, -0.1) is 0 Å². The van der Waals surface area contributed by atoms with Gasteiger partial charge in [0.15, 0.2) is 0 Å². The summed E-state index contributed by atoms with van der Waals surface area (Å²) < 4.78 is 7.69. The van der Waals surface area contributed by atoms with Crippen LogP contribution in [0.15, 0.2) is 58.1 Å². The Kier molecular flexibility index (Phi) is 6.32. The molecule has 2 aromatic carbocycles. The Hall–Kier alpha value is -3.52. The van der Waals surface area contributed by atoms with E-state index < -0.39 is 17.2 Å². The van der Waals surface area contributed by atoms with Gasteiger partial charge in [-0.1, -0.05) is 47.5 Å². The van der Waals surface area contributed by atoms with E-state index >= 15 is 0 Å². The van der Waals surface area contributed by atoms with Crippen molar-refractivity contribution >= 4 is 5.91 Å². The fraction of sp³-hybridized carbons (Fsp3) is 0.333.